The highest BCUT2D eigenvalue weighted by Crippen LogP contribution is 2.15. The van der Waals surface area contributed by atoms with Crippen LogP contribution < -0.4 is 11.3 Å². The largest absolute Gasteiger partial charge is 0.496 e. The lowest BCUT2D eigenvalue weighted by Gasteiger charge is -2.16. The zero-order valence-electron chi connectivity index (χ0n) is 8.42. The summed E-state index contributed by atoms with van der Waals surface area (Å²) in [6.45, 7) is 0.364. The van der Waals surface area contributed by atoms with E-state index in [0.717, 1.165) is 12.2 Å². The highest BCUT2D eigenvalue weighted by Gasteiger charge is 2.17. The van der Waals surface area contributed by atoms with E-state index in [1.165, 1.54) is 0 Å². The SMILES string of the molecule is NNC(CCOCC(F)F)C1=CCCO1. The summed E-state index contributed by atoms with van der Waals surface area (Å²) in [6.07, 6.45) is 0.911. The van der Waals surface area contributed by atoms with E-state index in [1.807, 2.05) is 6.08 Å². The Morgan fingerprint density at radius 3 is 2.93 bits per heavy atom. The van der Waals surface area contributed by atoms with Crippen molar-refractivity contribution in [3.8, 4) is 0 Å². The van der Waals surface area contributed by atoms with Crippen LogP contribution in [-0.4, -0.2) is 32.3 Å². The van der Waals surface area contributed by atoms with Gasteiger partial charge in [-0.25, -0.2) is 14.2 Å². The normalized spacial score (nSPS) is 17.7. The number of rotatable bonds is 7. The van der Waals surface area contributed by atoms with Gasteiger partial charge in [-0.15, -0.1) is 0 Å². The van der Waals surface area contributed by atoms with E-state index in [4.69, 9.17) is 15.3 Å². The molecule has 4 nitrogen and oxygen atoms in total. The number of nitrogens with two attached hydrogens (primary N) is 1. The van der Waals surface area contributed by atoms with E-state index in [2.05, 4.69) is 5.43 Å². The van der Waals surface area contributed by atoms with Crippen molar-refractivity contribution in [2.24, 2.45) is 5.84 Å². The Balaban J connectivity index is 2.16. The minimum absolute atomic E-state index is 0.148. The molecule has 0 saturated carbocycles. The van der Waals surface area contributed by atoms with Crippen molar-refractivity contribution < 1.29 is 18.3 Å². The Morgan fingerprint density at radius 2 is 2.40 bits per heavy atom. The fourth-order valence-electron chi connectivity index (χ4n) is 1.36. The molecule has 1 atom stereocenters. The number of hydrogen-bond donors (Lipinski definition) is 2. The smallest absolute Gasteiger partial charge is 0.261 e. The number of hydrazine groups is 1. The van der Waals surface area contributed by atoms with E-state index in [-0.39, 0.29) is 12.6 Å². The van der Waals surface area contributed by atoms with Crippen LogP contribution in [0.3, 0.4) is 0 Å². The van der Waals surface area contributed by atoms with Crippen molar-refractivity contribution in [3.05, 3.63) is 11.8 Å². The lowest BCUT2D eigenvalue weighted by molar-refractivity contribution is 0.0139. The van der Waals surface area contributed by atoms with Crippen molar-refractivity contribution in [2.75, 3.05) is 19.8 Å². The first kappa shape index (κ1) is 12.4. The number of halogens is 2. The second-order valence-electron chi connectivity index (χ2n) is 3.22. The van der Waals surface area contributed by atoms with Gasteiger partial charge < -0.3 is 9.47 Å². The zero-order chi connectivity index (χ0) is 11.1. The van der Waals surface area contributed by atoms with Gasteiger partial charge in [0.1, 0.15) is 12.4 Å². The molecular weight excluding hydrogens is 206 g/mol. The molecule has 0 aromatic rings. The number of ether oxygens (including phenoxy) is 2. The zero-order valence-corrected chi connectivity index (χ0v) is 8.42. The molecule has 0 saturated heterocycles. The van der Waals surface area contributed by atoms with Crippen LogP contribution in [0.2, 0.25) is 0 Å². The van der Waals surface area contributed by atoms with Crippen molar-refractivity contribution in [2.45, 2.75) is 25.3 Å². The first-order valence-electron chi connectivity index (χ1n) is 4.89. The maximum atomic E-state index is 11.7. The highest BCUT2D eigenvalue weighted by molar-refractivity contribution is 5.06. The van der Waals surface area contributed by atoms with Crippen LogP contribution in [0, 0.1) is 0 Å². The van der Waals surface area contributed by atoms with Crippen molar-refractivity contribution in [3.63, 3.8) is 0 Å². The highest BCUT2D eigenvalue weighted by atomic mass is 19.3. The minimum atomic E-state index is -2.42. The van der Waals surface area contributed by atoms with Crippen LogP contribution in [-0.2, 0) is 9.47 Å². The van der Waals surface area contributed by atoms with Gasteiger partial charge in [0.25, 0.3) is 6.43 Å². The lowest BCUT2D eigenvalue weighted by atomic mass is 10.2. The van der Waals surface area contributed by atoms with E-state index in [1.54, 1.807) is 0 Å². The molecule has 1 heterocycles. The number of nitrogens with one attached hydrogen (secondary N) is 1. The summed E-state index contributed by atoms with van der Waals surface area (Å²) in [5.74, 6) is 6.10. The molecule has 6 heteroatoms. The standard InChI is InChI=1S/C9H16F2N2O2/c10-9(11)6-14-5-3-7(13-12)8-2-1-4-15-8/h2,7,9,13H,1,3-6,12H2. The average Bonchev–Trinajstić information content (AvgIpc) is 2.70. The summed E-state index contributed by atoms with van der Waals surface area (Å²) >= 11 is 0. The van der Waals surface area contributed by atoms with Crippen LogP contribution >= 0.6 is 0 Å². The Kier molecular flexibility index (Phi) is 5.52. The van der Waals surface area contributed by atoms with E-state index in [0.29, 0.717) is 13.0 Å². The quantitative estimate of drug-likeness (QED) is 0.380. The Labute approximate surface area is 87.4 Å². The molecule has 1 aliphatic rings. The summed E-state index contributed by atoms with van der Waals surface area (Å²) in [7, 11) is 0. The third kappa shape index (κ3) is 4.55. The van der Waals surface area contributed by atoms with Gasteiger partial charge in [0, 0.05) is 13.0 Å². The van der Waals surface area contributed by atoms with Gasteiger partial charge in [0.2, 0.25) is 0 Å². The van der Waals surface area contributed by atoms with Crippen LogP contribution in [0.15, 0.2) is 11.8 Å². The van der Waals surface area contributed by atoms with E-state index >= 15 is 0 Å². The van der Waals surface area contributed by atoms with E-state index < -0.39 is 13.0 Å². The predicted molar refractivity (Wildman–Crippen MR) is 51.2 cm³/mol. The molecule has 0 bridgehead atoms. The predicted octanol–water partition coefficient (Wildman–Crippen LogP) is 0.794. The van der Waals surface area contributed by atoms with Gasteiger partial charge >= 0.3 is 0 Å². The topological polar surface area (TPSA) is 56.5 Å². The summed E-state index contributed by atoms with van der Waals surface area (Å²) in [5.41, 5.74) is 2.57. The van der Waals surface area contributed by atoms with Gasteiger partial charge in [0.05, 0.1) is 12.6 Å². The third-order valence-corrected chi connectivity index (χ3v) is 2.07. The Hall–Kier alpha value is -0.720. The fraction of sp³-hybridized carbons (Fsp3) is 0.778. The molecular formula is C9H16F2N2O2. The molecule has 88 valence electrons. The second kappa shape index (κ2) is 6.71. The summed E-state index contributed by atoms with van der Waals surface area (Å²) in [4.78, 5) is 0. The monoisotopic (exact) mass is 222 g/mol. The van der Waals surface area contributed by atoms with Gasteiger partial charge in [-0.2, -0.15) is 0 Å². The van der Waals surface area contributed by atoms with Crippen LogP contribution in [0.5, 0.6) is 0 Å². The van der Waals surface area contributed by atoms with Crippen LogP contribution in [0.4, 0.5) is 8.78 Å². The average molecular weight is 222 g/mol. The first-order valence-corrected chi connectivity index (χ1v) is 4.89. The molecule has 0 radical (unpaired) electrons. The third-order valence-electron chi connectivity index (χ3n) is 2.07. The molecule has 3 N–H and O–H groups in total. The molecule has 0 fully saturated rings. The molecule has 1 aliphatic heterocycles. The molecule has 0 aromatic heterocycles. The van der Waals surface area contributed by atoms with Crippen LogP contribution in [0.25, 0.3) is 0 Å². The molecule has 15 heavy (non-hydrogen) atoms. The summed E-state index contributed by atoms with van der Waals surface area (Å²) in [6, 6.07) is -0.148. The van der Waals surface area contributed by atoms with Crippen LogP contribution in [0.1, 0.15) is 12.8 Å². The maximum absolute atomic E-state index is 11.7. The summed E-state index contributed by atoms with van der Waals surface area (Å²) < 4.78 is 33.5. The second-order valence-corrected chi connectivity index (χ2v) is 3.22. The maximum Gasteiger partial charge on any atom is 0.261 e. The Morgan fingerprint density at radius 1 is 1.60 bits per heavy atom. The van der Waals surface area contributed by atoms with Gasteiger partial charge in [-0.3, -0.25) is 5.84 Å². The number of alkyl halides is 2. The van der Waals surface area contributed by atoms with Gasteiger partial charge in [-0.05, 0) is 12.5 Å². The minimum Gasteiger partial charge on any atom is -0.496 e. The Bertz CT molecular complexity index is 212. The van der Waals surface area contributed by atoms with Gasteiger partial charge in [-0.1, -0.05) is 0 Å². The lowest BCUT2D eigenvalue weighted by Crippen LogP contribution is -2.37. The van der Waals surface area contributed by atoms with E-state index in [9.17, 15) is 8.78 Å². The van der Waals surface area contributed by atoms with Crippen molar-refractivity contribution in [1.29, 1.82) is 0 Å². The molecule has 0 aromatic carbocycles. The molecule has 1 unspecified atom stereocenters. The first-order chi connectivity index (χ1) is 7.24. The number of hydrogen-bond acceptors (Lipinski definition) is 4. The molecule has 0 spiro atoms. The van der Waals surface area contributed by atoms with Crippen molar-refractivity contribution >= 4 is 0 Å². The molecule has 1 rings (SSSR count). The molecule has 0 aliphatic carbocycles. The van der Waals surface area contributed by atoms with Crippen molar-refractivity contribution in [1.82, 2.24) is 5.43 Å². The fourth-order valence-corrected chi connectivity index (χ4v) is 1.36. The summed E-state index contributed by atoms with van der Waals surface area (Å²) in [5, 5.41) is 0. The van der Waals surface area contributed by atoms with Gasteiger partial charge in [0.15, 0.2) is 0 Å². The molecule has 0 amide bonds.